The van der Waals surface area contributed by atoms with Gasteiger partial charge >= 0.3 is 0 Å². The summed E-state index contributed by atoms with van der Waals surface area (Å²) in [6.07, 6.45) is 8.30. The zero-order valence-electron chi connectivity index (χ0n) is 9.03. The number of rotatable bonds is 0. The normalized spacial score (nSPS) is 26.0. The Morgan fingerprint density at radius 1 is 0.688 bits per heavy atom. The summed E-state index contributed by atoms with van der Waals surface area (Å²) in [5.74, 6) is 0. The Hall–Kier alpha value is 0.620. The van der Waals surface area contributed by atoms with Crippen LogP contribution in [-0.4, -0.2) is 0 Å². The Labute approximate surface area is 114 Å². The molecular formula is C12H14S4. The zero-order valence-corrected chi connectivity index (χ0v) is 12.3. The van der Waals surface area contributed by atoms with Crippen molar-refractivity contribution >= 4 is 47.0 Å². The first-order valence-corrected chi connectivity index (χ1v) is 9.13. The first-order chi connectivity index (χ1) is 7.93. The number of hydrogen-bond donors (Lipinski definition) is 0. The second-order valence-electron chi connectivity index (χ2n) is 4.05. The van der Waals surface area contributed by atoms with Crippen LogP contribution in [0.5, 0.6) is 0 Å². The Kier molecular flexibility index (Phi) is 4.03. The monoisotopic (exact) mass is 286 g/mol. The largest absolute Gasteiger partial charge is 0.0884 e. The maximum atomic E-state index is 2.20. The summed E-state index contributed by atoms with van der Waals surface area (Å²) in [6, 6.07) is 0. The molecule has 0 bridgehead atoms. The van der Waals surface area contributed by atoms with E-state index < -0.39 is 0 Å². The van der Waals surface area contributed by atoms with Crippen molar-refractivity contribution in [2.75, 3.05) is 0 Å². The van der Waals surface area contributed by atoms with Gasteiger partial charge in [0.05, 0.1) is 8.47 Å². The number of hydrogen-bond acceptors (Lipinski definition) is 4. The van der Waals surface area contributed by atoms with Crippen LogP contribution in [0.15, 0.2) is 29.1 Å². The third-order valence-corrected chi connectivity index (χ3v) is 8.32. The maximum absolute atomic E-state index is 2.20. The van der Waals surface area contributed by atoms with E-state index in [1.165, 1.54) is 42.8 Å². The second kappa shape index (κ2) is 5.51. The molecule has 0 fully saturated rings. The van der Waals surface area contributed by atoms with Gasteiger partial charge in [0.1, 0.15) is 0 Å². The van der Waals surface area contributed by atoms with Crippen LogP contribution >= 0.6 is 47.0 Å². The molecule has 2 heterocycles. The van der Waals surface area contributed by atoms with Gasteiger partial charge in [0, 0.05) is 9.81 Å². The van der Waals surface area contributed by atoms with Crippen molar-refractivity contribution in [1.82, 2.24) is 0 Å². The minimum Gasteiger partial charge on any atom is -0.0884 e. The van der Waals surface area contributed by atoms with Crippen LogP contribution in [0.4, 0.5) is 0 Å². The van der Waals surface area contributed by atoms with E-state index in [0.717, 1.165) is 0 Å². The van der Waals surface area contributed by atoms with Gasteiger partial charge in [-0.15, -0.1) is 0 Å². The highest BCUT2D eigenvalue weighted by Crippen LogP contribution is 2.58. The van der Waals surface area contributed by atoms with Gasteiger partial charge in [-0.2, -0.15) is 0 Å². The highest BCUT2D eigenvalue weighted by atomic mass is 32.2. The van der Waals surface area contributed by atoms with Crippen LogP contribution in [0.3, 0.4) is 0 Å². The van der Waals surface area contributed by atoms with Gasteiger partial charge in [0.25, 0.3) is 0 Å². The quantitative estimate of drug-likeness (QED) is 0.526. The third kappa shape index (κ3) is 2.55. The molecule has 3 aliphatic rings. The van der Waals surface area contributed by atoms with Crippen molar-refractivity contribution in [3.05, 3.63) is 29.1 Å². The Morgan fingerprint density at radius 2 is 1.25 bits per heavy atom. The summed E-state index contributed by atoms with van der Waals surface area (Å²) < 4.78 is 3.05. The summed E-state index contributed by atoms with van der Waals surface area (Å²) in [5.41, 5.74) is 0. The summed E-state index contributed by atoms with van der Waals surface area (Å²) >= 11 is 7.89. The van der Waals surface area contributed by atoms with E-state index in [9.17, 15) is 0 Å². The highest BCUT2D eigenvalue weighted by Gasteiger charge is 2.25. The molecule has 0 saturated heterocycles. The molecular weight excluding hydrogens is 272 g/mol. The lowest BCUT2D eigenvalue weighted by atomic mass is 10.1. The average Bonchev–Trinajstić information content (AvgIpc) is 2.86. The molecule has 0 amide bonds. The lowest BCUT2D eigenvalue weighted by molar-refractivity contribution is 0.632. The van der Waals surface area contributed by atoms with Gasteiger partial charge < -0.3 is 0 Å². The zero-order chi connectivity index (χ0) is 10.8. The topological polar surface area (TPSA) is 0 Å². The molecule has 0 nitrogen and oxygen atoms in total. The Morgan fingerprint density at radius 3 is 1.81 bits per heavy atom. The molecule has 0 N–H and O–H groups in total. The van der Waals surface area contributed by atoms with Crippen molar-refractivity contribution in [1.29, 1.82) is 0 Å². The Balaban J connectivity index is 1.76. The van der Waals surface area contributed by atoms with E-state index in [4.69, 9.17) is 0 Å². The predicted octanol–water partition coefficient (Wildman–Crippen LogP) is 6.11. The lowest BCUT2D eigenvalue weighted by Gasteiger charge is -2.09. The maximum Gasteiger partial charge on any atom is 0.0699 e. The molecule has 0 aromatic heterocycles. The molecule has 0 radical (unpaired) electrons. The van der Waals surface area contributed by atoms with Crippen LogP contribution in [0.25, 0.3) is 0 Å². The second-order valence-corrected chi connectivity index (χ2v) is 8.61. The molecule has 0 spiro atoms. The molecule has 16 heavy (non-hydrogen) atoms. The molecule has 86 valence electrons. The molecule has 1 aliphatic carbocycles. The third-order valence-electron chi connectivity index (χ3n) is 2.87. The number of thioether (sulfide) groups is 4. The molecule has 0 saturated carbocycles. The highest BCUT2D eigenvalue weighted by molar-refractivity contribution is 8.33. The molecule has 0 aromatic rings. The Bertz CT molecular complexity index is 346. The van der Waals surface area contributed by atoms with Gasteiger partial charge in [0.2, 0.25) is 0 Å². The summed E-state index contributed by atoms with van der Waals surface area (Å²) in [6.45, 7) is 0. The van der Waals surface area contributed by atoms with Crippen LogP contribution in [0, 0.1) is 0 Å². The van der Waals surface area contributed by atoms with Gasteiger partial charge in [0.15, 0.2) is 0 Å². The average molecular weight is 287 g/mol. The minimum absolute atomic E-state index is 1.33. The smallest absolute Gasteiger partial charge is 0.0699 e. The first-order valence-electron chi connectivity index (χ1n) is 5.74. The molecule has 0 atom stereocenters. The van der Waals surface area contributed by atoms with Gasteiger partial charge in [-0.1, -0.05) is 59.9 Å². The molecule has 4 heteroatoms. The van der Waals surface area contributed by atoms with Crippen LogP contribution in [0.2, 0.25) is 0 Å². The van der Waals surface area contributed by atoms with Crippen LogP contribution in [-0.2, 0) is 0 Å². The fourth-order valence-corrected chi connectivity index (χ4v) is 7.13. The summed E-state index contributed by atoms with van der Waals surface area (Å²) in [5, 5.41) is 4.40. The van der Waals surface area contributed by atoms with Gasteiger partial charge in [-0.3, -0.25) is 0 Å². The number of allylic oxidation sites excluding steroid dienone is 2. The molecule has 3 rings (SSSR count). The van der Waals surface area contributed by atoms with E-state index in [0.29, 0.717) is 0 Å². The van der Waals surface area contributed by atoms with Crippen molar-refractivity contribution in [3.63, 3.8) is 0 Å². The van der Waals surface area contributed by atoms with Crippen LogP contribution < -0.4 is 0 Å². The van der Waals surface area contributed by atoms with Crippen molar-refractivity contribution < 1.29 is 0 Å². The predicted molar refractivity (Wildman–Crippen MR) is 81.3 cm³/mol. The molecule has 0 aromatic carbocycles. The van der Waals surface area contributed by atoms with E-state index in [1.54, 1.807) is 14.0 Å². The lowest BCUT2D eigenvalue weighted by Crippen LogP contribution is -1.88. The van der Waals surface area contributed by atoms with Crippen molar-refractivity contribution in [3.8, 4) is 0 Å². The van der Waals surface area contributed by atoms with Gasteiger partial charge in [-0.05, 0) is 36.5 Å². The van der Waals surface area contributed by atoms with E-state index >= 15 is 0 Å². The van der Waals surface area contributed by atoms with E-state index in [-0.39, 0.29) is 0 Å². The molecule has 0 unspecified atom stereocenters. The fraction of sp³-hybridized carbons (Fsp3) is 0.500. The van der Waals surface area contributed by atoms with Crippen LogP contribution in [0.1, 0.15) is 38.5 Å². The summed E-state index contributed by atoms with van der Waals surface area (Å²) in [7, 11) is 0. The minimum atomic E-state index is 1.33. The SMILES string of the molecule is C1=CSC(=C2SC3=C(CCCCCC3)S2)S1. The van der Waals surface area contributed by atoms with Gasteiger partial charge in [-0.25, -0.2) is 0 Å². The fourth-order valence-electron chi connectivity index (χ4n) is 2.05. The van der Waals surface area contributed by atoms with Crippen molar-refractivity contribution in [2.45, 2.75) is 38.5 Å². The molecule has 2 aliphatic heterocycles. The first kappa shape index (κ1) is 11.7. The van der Waals surface area contributed by atoms with E-state index in [1.807, 2.05) is 23.5 Å². The summed E-state index contributed by atoms with van der Waals surface area (Å²) in [4.78, 5) is 3.36. The van der Waals surface area contributed by atoms with Crippen molar-refractivity contribution in [2.24, 2.45) is 0 Å². The van der Waals surface area contributed by atoms with E-state index in [2.05, 4.69) is 34.3 Å². The standard InChI is InChI=1S/C12H14S4/c1-2-4-6-10-9(5-3-1)15-12(16-10)11-13-7-8-14-11/h7-8H,1-6H2.